The van der Waals surface area contributed by atoms with Gasteiger partial charge < -0.3 is 10.2 Å². The number of nitrogens with zero attached hydrogens (tertiary/aromatic N) is 2. The molecule has 1 aliphatic rings. The van der Waals surface area contributed by atoms with Crippen LogP contribution in [0.25, 0.3) is 0 Å². The molecule has 1 atom stereocenters. The lowest BCUT2D eigenvalue weighted by Crippen LogP contribution is -2.30. The summed E-state index contributed by atoms with van der Waals surface area (Å²) in [5.41, 5.74) is 1.08. The second-order valence-electron chi connectivity index (χ2n) is 5.12. The molecule has 4 nitrogen and oxygen atoms in total. The van der Waals surface area contributed by atoms with Crippen LogP contribution in [0.15, 0.2) is 30.5 Å². The minimum absolute atomic E-state index is 0.139. The number of amides is 1. The van der Waals surface area contributed by atoms with E-state index in [1.165, 1.54) is 0 Å². The first kappa shape index (κ1) is 13.6. The quantitative estimate of drug-likeness (QED) is 0.842. The number of aromatic nitrogens is 1. The highest BCUT2D eigenvalue weighted by Crippen LogP contribution is 2.18. The van der Waals surface area contributed by atoms with Gasteiger partial charge in [0.15, 0.2) is 0 Å². The van der Waals surface area contributed by atoms with Gasteiger partial charge in [-0.2, -0.15) is 0 Å². The van der Waals surface area contributed by atoms with E-state index in [2.05, 4.69) is 22.5 Å². The number of pyridine rings is 1. The molecule has 1 amide bonds. The number of hydrogen-bond acceptors (Lipinski definition) is 3. The third-order valence-corrected chi connectivity index (χ3v) is 3.37. The van der Waals surface area contributed by atoms with Crippen molar-refractivity contribution < 1.29 is 4.79 Å². The van der Waals surface area contributed by atoms with Gasteiger partial charge in [0.2, 0.25) is 5.91 Å². The zero-order valence-corrected chi connectivity index (χ0v) is 11.6. The van der Waals surface area contributed by atoms with Gasteiger partial charge in [0.25, 0.3) is 0 Å². The summed E-state index contributed by atoms with van der Waals surface area (Å²) in [4.78, 5) is 18.2. The molecule has 1 heterocycles. The lowest BCUT2D eigenvalue weighted by atomic mass is 9.93. The fraction of sp³-hybridized carbons (Fsp3) is 0.467. The van der Waals surface area contributed by atoms with Crippen molar-refractivity contribution in [3.63, 3.8) is 0 Å². The number of nitrogens with one attached hydrogen (secondary N) is 1. The summed E-state index contributed by atoms with van der Waals surface area (Å²) in [6, 6.07) is 3.94. The van der Waals surface area contributed by atoms with Crippen molar-refractivity contribution in [2.24, 2.45) is 5.92 Å². The van der Waals surface area contributed by atoms with E-state index in [0.717, 1.165) is 30.6 Å². The second-order valence-corrected chi connectivity index (χ2v) is 5.12. The molecule has 2 rings (SSSR count). The monoisotopic (exact) mass is 259 g/mol. The highest BCUT2D eigenvalue weighted by atomic mass is 16.1. The van der Waals surface area contributed by atoms with Gasteiger partial charge in [-0.1, -0.05) is 12.2 Å². The van der Waals surface area contributed by atoms with Gasteiger partial charge in [0.05, 0.1) is 0 Å². The molecule has 0 bridgehead atoms. The third-order valence-electron chi connectivity index (χ3n) is 3.37. The molecule has 0 saturated heterocycles. The molecule has 0 saturated carbocycles. The van der Waals surface area contributed by atoms with Crippen LogP contribution >= 0.6 is 0 Å². The fourth-order valence-corrected chi connectivity index (χ4v) is 2.18. The first-order valence-corrected chi connectivity index (χ1v) is 6.72. The van der Waals surface area contributed by atoms with Crippen molar-refractivity contribution in [1.82, 2.24) is 10.3 Å². The van der Waals surface area contributed by atoms with E-state index >= 15 is 0 Å². The topological polar surface area (TPSA) is 45.2 Å². The molecule has 19 heavy (non-hydrogen) atoms. The van der Waals surface area contributed by atoms with E-state index < -0.39 is 0 Å². The molecule has 0 radical (unpaired) electrons. The second kappa shape index (κ2) is 6.36. The Morgan fingerprint density at radius 3 is 3.00 bits per heavy atom. The van der Waals surface area contributed by atoms with Crippen molar-refractivity contribution in [1.29, 1.82) is 0 Å². The first-order chi connectivity index (χ1) is 9.16. The van der Waals surface area contributed by atoms with Crippen molar-refractivity contribution in [2.75, 3.05) is 19.0 Å². The minimum atomic E-state index is 0.139. The average Bonchev–Trinajstić information content (AvgIpc) is 2.46. The largest absolute Gasteiger partial charge is 0.363 e. The predicted molar refractivity (Wildman–Crippen MR) is 76.9 cm³/mol. The Balaban J connectivity index is 1.89. The van der Waals surface area contributed by atoms with E-state index in [0.29, 0.717) is 6.54 Å². The highest BCUT2D eigenvalue weighted by molar-refractivity contribution is 5.79. The maximum atomic E-state index is 12.0. The Hall–Kier alpha value is -1.84. The molecule has 1 aliphatic carbocycles. The molecule has 1 aromatic rings. The van der Waals surface area contributed by atoms with Gasteiger partial charge in [0, 0.05) is 32.8 Å². The van der Waals surface area contributed by atoms with Gasteiger partial charge >= 0.3 is 0 Å². The summed E-state index contributed by atoms with van der Waals surface area (Å²) in [5.74, 6) is 1.21. The van der Waals surface area contributed by atoms with E-state index in [-0.39, 0.29) is 11.8 Å². The maximum absolute atomic E-state index is 12.0. The summed E-state index contributed by atoms with van der Waals surface area (Å²) in [5, 5.41) is 3.02. The van der Waals surface area contributed by atoms with Crippen LogP contribution in [0.3, 0.4) is 0 Å². The molecule has 4 heteroatoms. The molecule has 1 N–H and O–H groups in total. The highest BCUT2D eigenvalue weighted by Gasteiger charge is 2.18. The van der Waals surface area contributed by atoms with Crippen molar-refractivity contribution in [3.8, 4) is 0 Å². The Labute approximate surface area is 114 Å². The van der Waals surface area contributed by atoms with E-state index in [1.807, 2.05) is 31.1 Å². The van der Waals surface area contributed by atoms with Gasteiger partial charge in [-0.3, -0.25) is 4.79 Å². The Morgan fingerprint density at radius 2 is 2.32 bits per heavy atom. The molecular weight excluding hydrogens is 238 g/mol. The number of hydrogen-bond donors (Lipinski definition) is 1. The van der Waals surface area contributed by atoms with Gasteiger partial charge in [-0.05, 0) is 37.0 Å². The van der Waals surface area contributed by atoms with Crippen LogP contribution in [0.1, 0.15) is 24.8 Å². The molecular formula is C15H21N3O. The lowest BCUT2D eigenvalue weighted by molar-refractivity contribution is -0.125. The fourth-order valence-electron chi connectivity index (χ4n) is 2.18. The maximum Gasteiger partial charge on any atom is 0.223 e. The Bertz CT molecular complexity index is 468. The van der Waals surface area contributed by atoms with Crippen LogP contribution in [-0.4, -0.2) is 25.0 Å². The van der Waals surface area contributed by atoms with E-state index in [1.54, 1.807) is 6.20 Å². The van der Waals surface area contributed by atoms with E-state index in [4.69, 9.17) is 0 Å². The SMILES string of the molecule is CN(C)c1cc(CNC(=O)[C@H]2CC=CCC2)ccn1. The summed E-state index contributed by atoms with van der Waals surface area (Å²) in [6.45, 7) is 0.572. The predicted octanol–water partition coefficient (Wildman–Crippen LogP) is 2.12. The van der Waals surface area contributed by atoms with Crippen molar-refractivity contribution in [2.45, 2.75) is 25.8 Å². The Kier molecular flexibility index (Phi) is 4.55. The minimum Gasteiger partial charge on any atom is -0.363 e. The van der Waals surface area contributed by atoms with Gasteiger partial charge in [0.1, 0.15) is 5.82 Å². The summed E-state index contributed by atoms with van der Waals surface area (Å²) >= 11 is 0. The van der Waals surface area contributed by atoms with Gasteiger partial charge in [-0.15, -0.1) is 0 Å². The zero-order valence-electron chi connectivity index (χ0n) is 11.6. The molecule has 0 spiro atoms. The van der Waals surface area contributed by atoms with Gasteiger partial charge in [-0.25, -0.2) is 4.98 Å². The van der Waals surface area contributed by atoms with Crippen LogP contribution in [0.4, 0.5) is 5.82 Å². The van der Waals surface area contributed by atoms with Crippen LogP contribution in [0.2, 0.25) is 0 Å². The first-order valence-electron chi connectivity index (χ1n) is 6.72. The van der Waals surface area contributed by atoms with Crippen LogP contribution in [-0.2, 0) is 11.3 Å². The lowest BCUT2D eigenvalue weighted by Gasteiger charge is -2.17. The molecule has 102 valence electrons. The Morgan fingerprint density at radius 1 is 1.47 bits per heavy atom. The normalized spacial score (nSPS) is 18.1. The smallest absolute Gasteiger partial charge is 0.223 e. The van der Waals surface area contributed by atoms with Crippen LogP contribution in [0, 0.1) is 5.92 Å². The number of carbonyl (C=O) groups is 1. The summed E-state index contributed by atoms with van der Waals surface area (Å²) in [7, 11) is 3.91. The van der Waals surface area contributed by atoms with Crippen molar-refractivity contribution in [3.05, 3.63) is 36.0 Å². The standard InChI is InChI=1S/C15H21N3O/c1-18(2)14-10-12(8-9-16-14)11-17-15(19)13-6-4-3-5-7-13/h3-4,8-10,13H,5-7,11H2,1-2H3,(H,17,19)/t13-/m0/s1. The number of carbonyl (C=O) groups excluding carboxylic acids is 1. The van der Waals surface area contributed by atoms with Crippen LogP contribution in [0.5, 0.6) is 0 Å². The third kappa shape index (κ3) is 3.81. The molecule has 1 aromatic heterocycles. The zero-order chi connectivity index (χ0) is 13.7. The average molecular weight is 259 g/mol. The molecule has 0 aromatic carbocycles. The van der Waals surface area contributed by atoms with Crippen LogP contribution < -0.4 is 10.2 Å². The summed E-state index contributed by atoms with van der Waals surface area (Å²) < 4.78 is 0. The number of allylic oxidation sites excluding steroid dienone is 2. The molecule has 0 fully saturated rings. The number of anilines is 1. The molecule has 0 unspecified atom stereocenters. The number of rotatable bonds is 4. The van der Waals surface area contributed by atoms with Crippen molar-refractivity contribution >= 4 is 11.7 Å². The summed E-state index contributed by atoms with van der Waals surface area (Å²) in [6.07, 6.45) is 8.87. The molecule has 0 aliphatic heterocycles. The van der Waals surface area contributed by atoms with E-state index in [9.17, 15) is 4.79 Å².